The minimum Gasteiger partial charge on any atom is -0.434 e. The van der Waals surface area contributed by atoms with Gasteiger partial charge in [0.25, 0.3) is 5.89 Å². The fraction of sp³-hybridized carbons (Fsp3) is 0.429. The minimum absolute atomic E-state index is 0.122. The first-order valence-corrected chi connectivity index (χ1v) is 15.0. The highest BCUT2D eigenvalue weighted by Crippen LogP contribution is 2.18. The molecule has 2 aromatic carbocycles. The van der Waals surface area contributed by atoms with Crippen LogP contribution in [0.1, 0.15) is 43.3 Å². The molecular weight excluding hydrogens is 536 g/mol. The van der Waals surface area contributed by atoms with Gasteiger partial charge < -0.3 is 24.7 Å². The van der Waals surface area contributed by atoms with E-state index < -0.39 is 39.6 Å². The Labute approximate surface area is 233 Å². The van der Waals surface area contributed by atoms with Gasteiger partial charge in [-0.1, -0.05) is 50.1 Å². The number of nitrogens with zero attached hydrogens (tertiary/aromatic N) is 2. The van der Waals surface area contributed by atoms with Crippen LogP contribution in [0, 0.1) is 0 Å². The maximum Gasteiger partial charge on any atom is 0.318 e. The molecule has 0 aliphatic carbocycles. The molecule has 1 aliphatic heterocycles. The number of aromatic nitrogens is 1. The maximum absolute atomic E-state index is 13.5. The Balaban J connectivity index is 1.53. The molecule has 1 fully saturated rings. The van der Waals surface area contributed by atoms with Crippen LogP contribution in [0.25, 0.3) is 11.1 Å². The van der Waals surface area contributed by atoms with Gasteiger partial charge in [0.1, 0.15) is 11.6 Å². The number of ether oxygens (including phenoxy) is 1. The molecule has 2 heterocycles. The highest BCUT2D eigenvalue weighted by atomic mass is 32.2. The Morgan fingerprint density at radius 3 is 2.35 bits per heavy atom. The molecule has 1 unspecified atom stereocenters. The van der Waals surface area contributed by atoms with Crippen LogP contribution in [-0.2, 0) is 19.4 Å². The van der Waals surface area contributed by atoms with Crippen LogP contribution < -0.4 is 10.6 Å². The Hall–Kier alpha value is -3.77. The Bertz CT molecular complexity index is 1390. The molecule has 2 atom stereocenters. The van der Waals surface area contributed by atoms with E-state index in [9.17, 15) is 22.8 Å². The summed E-state index contributed by atoms with van der Waals surface area (Å²) in [5.74, 6) is -1.65. The summed E-state index contributed by atoms with van der Waals surface area (Å²) in [5, 5.41) is 5.41. The number of oxazole rings is 1. The van der Waals surface area contributed by atoms with Gasteiger partial charge in [0, 0.05) is 13.1 Å². The molecule has 2 N–H and O–H groups in total. The second-order valence-electron chi connectivity index (χ2n) is 9.58. The van der Waals surface area contributed by atoms with E-state index in [1.807, 2.05) is 6.92 Å². The number of nitrogens with one attached hydrogen (secondary N) is 2. The van der Waals surface area contributed by atoms with Crippen molar-refractivity contribution in [3.63, 3.8) is 0 Å². The van der Waals surface area contributed by atoms with Crippen LogP contribution in [0.2, 0.25) is 0 Å². The number of urea groups is 1. The van der Waals surface area contributed by atoms with Crippen LogP contribution in [0.4, 0.5) is 4.79 Å². The summed E-state index contributed by atoms with van der Waals surface area (Å²) in [6.45, 7) is 3.38. The zero-order valence-electron chi connectivity index (χ0n) is 22.4. The van der Waals surface area contributed by atoms with E-state index in [0.29, 0.717) is 50.2 Å². The van der Waals surface area contributed by atoms with Gasteiger partial charge in [-0.3, -0.25) is 9.59 Å². The molecule has 11 nitrogen and oxygen atoms in total. The molecule has 1 saturated heterocycles. The molecule has 214 valence electrons. The Morgan fingerprint density at radius 1 is 0.950 bits per heavy atom. The summed E-state index contributed by atoms with van der Waals surface area (Å²) in [7, 11) is -3.72. The maximum atomic E-state index is 13.5. The van der Waals surface area contributed by atoms with Crippen molar-refractivity contribution in [2.75, 3.05) is 32.1 Å². The molecule has 12 heteroatoms. The van der Waals surface area contributed by atoms with E-state index in [0.717, 1.165) is 6.42 Å². The smallest absolute Gasteiger partial charge is 0.318 e. The van der Waals surface area contributed by atoms with E-state index in [4.69, 9.17) is 9.15 Å². The normalized spacial score (nSPS) is 15.4. The topological polar surface area (TPSA) is 148 Å². The van der Waals surface area contributed by atoms with E-state index in [2.05, 4.69) is 15.6 Å². The summed E-state index contributed by atoms with van der Waals surface area (Å²) in [4.78, 5) is 45.8. The number of sulfone groups is 1. The number of morpholine rings is 1. The number of ketones is 1. The standard InChI is InChI=1S/C28H34N4O7S/c1-2-3-11-22(25(33)27-30-21-12-7-8-13-24(21)39-27)29-26(34)23(31-28(35)32-15-17-38-18-16-32)14-19-40(36,37)20-9-5-4-6-10-20/h4-10,12-13,22-23H,2-3,11,14-19H2,1H3,(H,29,34)(H,31,35)/t22-,23?/m0/s1. The lowest BCUT2D eigenvalue weighted by molar-refractivity contribution is -0.123. The van der Waals surface area contributed by atoms with Gasteiger partial charge in [-0.05, 0) is 37.1 Å². The molecule has 0 radical (unpaired) electrons. The molecule has 3 aromatic rings. The summed E-state index contributed by atoms with van der Waals surface area (Å²) >= 11 is 0. The van der Waals surface area contributed by atoms with Crippen LogP contribution in [0.3, 0.4) is 0 Å². The van der Waals surface area contributed by atoms with Gasteiger partial charge >= 0.3 is 6.03 Å². The number of Topliss-reactive ketones (excluding diaryl/α,β-unsaturated/α-hetero) is 1. The second-order valence-corrected chi connectivity index (χ2v) is 11.7. The number of para-hydroxylation sites is 2. The second kappa shape index (κ2) is 13.5. The highest BCUT2D eigenvalue weighted by Gasteiger charge is 2.32. The summed E-state index contributed by atoms with van der Waals surface area (Å²) in [6, 6.07) is 12.2. The van der Waals surface area contributed by atoms with Gasteiger partial charge in [0.2, 0.25) is 11.7 Å². The molecule has 0 bridgehead atoms. The first kappa shape index (κ1) is 29.2. The zero-order chi connectivity index (χ0) is 28.5. The predicted molar refractivity (Wildman–Crippen MR) is 148 cm³/mol. The number of carbonyl (C=O) groups excluding carboxylic acids is 3. The van der Waals surface area contributed by atoms with Crippen LogP contribution in [-0.4, -0.2) is 80.2 Å². The van der Waals surface area contributed by atoms with Crippen LogP contribution in [0.15, 0.2) is 63.9 Å². The van der Waals surface area contributed by atoms with Crippen LogP contribution in [0.5, 0.6) is 0 Å². The average Bonchev–Trinajstić information content (AvgIpc) is 3.42. The van der Waals surface area contributed by atoms with E-state index in [1.54, 1.807) is 42.5 Å². The number of unbranched alkanes of at least 4 members (excludes halogenated alkanes) is 1. The quantitative estimate of drug-likeness (QED) is 0.316. The monoisotopic (exact) mass is 570 g/mol. The van der Waals surface area contributed by atoms with Gasteiger partial charge in [0.05, 0.1) is 29.9 Å². The lowest BCUT2D eigenvalue weighted by atomic mass is 10.0. The van der Waals surface area contributed by atoms with E-state index in [1.165, 1.54) is 17.0 Å². The lowest BCUT2D eigenvalue weighted by Gasteiger charge is -2.29. The molecular formula is C28H34N4O7S. The molecule has 1 aromatic heterocycles. The van der Waals surface area contributed by atoms with Crippen molar-refractivity contribution in [2.24, 2.45) is 0 Å². The third-order valence-electron chi connectivity index (χ3n) is 6.67. The van der Waals surface area contributed by atoms with E-state index >= 15 is 0 Å². The molecule has 40 heavy (non-hydrogen) atoms. The molecule has 1 aliphatic rings. The van der Waals surface area contributed by atoms with Crippen molar-refractivity contribution in [2.45, 2.75) is 49.6 Å². The predicted octanol–water partition coefficient (Wildman–Crippen LogP) is 2.96. The molecule has 3 amide bonds. The summed E-state index contributed by atoms with van der Waals surface area (Å²) in [5.41, 5.74) is 0.973. The van der Waals surface area contributed by atoms with Crippen molar-refractivity contribution in [1.82, 2.24) is 20.5 Å². The van der Waals surface area contributed by atoms with Crippen molar-refractivity contribution in [3.8, 4) is 0 Å². The van der Waals surface area contributed by atoms with Crippen molar-refractivity contribution >= 4 is 38.7 Å². The van der Waals surface area contributed by atoms with Crippen molar-refractivity contribution in [3.05, 3.63) is 60.5 Å². The summed E-state index contributed by atoms with van der Waals surface area (Å²) < 4.78 is 36.8. The van der Waals surface area contributed by atoms with Gasteiger partial charge in [-0.15, -0.1) is 0 Å². The fourth-order valence-corrected chi connectivity index (χ4v) is 5.72. The van der Waals surface area contributed by atoms with Gasteiger partial charge in [-0.25, -0.2) is 18.2 Å². The molecule has 0 spiro atoms. The zero-order valence-corrected chi connectivity index (χ0v) is 23.2. The fourth-order valence-electron chi connectivity index (χ4n) is 4.37. The van der Waals surface area contributed by atoms with Gasteiger partial charge in [0.15, 0.2) is 15.4 Å². The average molecular weight is 571 g/mol. The number of fused-ring (bicyclic) bond motifs is 1. The number of amides is 3. The highest BCUT2D eigenvalue weighted by molar-refractivity contribution is 7.91. The molecule has 0 saturated carbocycles. The SMILES string of the molecule is CCCC[C@H](NC(=O)C(CCS(=O)(=O)c1ccccc1)NC(=O)N1CCOCC1)C(=O)c1nc2ccccc2o1. The van der Waals surface area contributed by atoms with E-state index in [-0.39, 0.29) is 23.0 Å². The minimum atomic E-state index is -3.72. The summed E-state index contributed by atoms with van der Waals surface area (Å²) in [6.07, 6.45) is 1.56. The first-order valence-electron chi connectivity index (χ1n) is 13.4. The first-order chi connectivity index (χ1) is 19.3. The van der Waals surface area contributed by atoms with Gasteiger partial charge in [-0.2, -0.15) is 0 Å². The number of benzene rings is 2. The molecule has 4 rings (SSSR count). The largest absolute Gasteiger partial charge is 0.434 e. The third-order valence-corrected chi connectivity index (χ3v) is 8.44. The number of carbonyl (C=O) groups is 3. The Kier molecular flexibility index (Phi) is 9.88. The van der Waals surface area contributed by atoms with Crippen LogP contribution >= 0.6 is 0 Å². The lowest BCUT2D eigenvalue weighted by Crippen LogP contribution is -2.56. The number of rotatable bonds is 12. The Morgan fingerprint density at radius 2 is 1.65 bits per heavy atom. The van der Waals surface area contributed by atoms with Crippen molar-refractivity contribution < 1.29 is 32.0 Å². The third kappa shape index (κ3) is 7.45. The number of hydrogen-bond donors (Lipinski definition) is 2. The number of hydrogen-bond acceptors (Lipinski definition) is 8. The van der Waals surface area contributed by atoms with Crippen molar-refractivity contribution in [1.29, 1.82) is 0 Å².